The van der Waals surface area contributed by atoms with Crippen molar-refractivity contribution in [1.82, 2.24) is 4.40 Å². The largest absolute Gasteiger partial charge is 0.435 e. The predicted molar refractivity (Wildman–Crippen MR) is 117 cm³/mol. The molecule has 0 unspecified atom stereocenters. The minimum Gasteiger partial charge on any atom is -0.435 e. The van der Waals surface area contributed by atoms with Crippen LogP contribution in [0.5, 0.6) is 11.5 Å². The molecule has 0 aliphatic carbocycles. The first-order valence-corrected chi connectivity index (χ1v) is 10.1. The van der Waals surface area contributed by atoms with Gasteiger partial charge in [-0.25, -0.2) is 0 Å². The van der Waals surface area contributed by atoms with E-state index in [4.69, 9.17) is 0 Å². The van der Waals surface area contributed by atoms with Gasteiger partial charge >= 0.3 is 13.2 Å². The van der Waals surface area contributed by atoms with Gasteiger partial charge in [0, 0.05) is 18.0 Å². The molecule has 0 saturated carbocycles. The van der Waals surface area contributed by atoms with E-state index in [9.17, 15) is 22.4 Å². The second-order valence-corrected chi connectivity index (χ2v) is 7.23. The Hall–Kier alpha value is -3.81. The van der Waals surface area contributed by atoms with Crippen LogP contribution in [-0.4, -0.2) is 17.6 Å². The van der Waals surface area contributed by atoms with Gasteiger partial charge in [0.15, 0.2) is 5.43 Å². The van der Waals surface area contributed by atoms with Crippen molar-refractivity contribution in [3.05, 3.63) is 88.8 Å². The van der Waals surface area contributed by atoms with Crippen molar-refractivity contribution >= 4 is 5.52 Å². The fourth-order valence-corrected chi connectivity index (χ4v) is 3.64. The van der Waals surface area contributed by atoms with Gasteiger partial charge in [-0.2, -0.15) is 17.6 Å². The molecule has 0 aliphatic rings. The highest BCUT2D eigenvalue weighted by atomic mass is 19.3. The summed E-state index contributed by atoms with van der Waals surface area (Å²) >= 11 is 0. The number of pyridine rings is 2. The third-order valence-electron chi connectivity index (χ3n) is 5.21. The lowest BCUT2D eigenvalue weighted by atomic mass is 9.97. The van der Waals surface area contributed by atoms with Crippen LogP contribution >= 0.6 is 0 Å². The zero-order valence-electron chi connectivity index (χ0n) is 17.5. The van der Waals surface area contributed by atoms with Gasteiger partial charge in [0.2, 0.25) is 0 Å². The maximum absolute atomic E-state index is 13.6. The van der Waals surface area contributed by atoms with Crippen LogP contribution in [0, 0.1) is 0 Å². The second kappa shape index (κ2) is 9.36. The van der Waals surface area contributed by atoms with E-state index in [0.717, 1.165) is 12.0 Å². The first kappa shape index (κ1) is 22.4. The molecular formula is C25H19F4NO3. The number of aromatic nitrogens is 1. The van der Waals surface area contributed by atoms with Crippen molar-refractivity contribution < 1.29 is 27.0 Å². The number of hydrogen-bond acceptors (Lipinski definition) is 3. The Morgan fingerprint density at radius 3 is 1.88 bits per heavy atom. The highest BCUT2D eigenvalue weighted by molar-refractivity contribution is 5.84. The SMILES string of the molecule is CCc1ccn2cc(-c3ccc(OC(F)F)cc3)c(=O)c(-c3ccc(OC(F)F)cc3)c2c1. The number of nitrogens with zero attached hydrogens (tertiary/aromatic N) is 1. The number of ether oxygens (including phenoxy) is 2. The van der Waals surface area contributed by atoms with Gasteiger partial charge in [0.25, 0.3) is 0 Å². The van der Waals surface area contributed by atoms with Gasteiger partial charge in [0.1, 0.15) is 11.5 Å². The van der Waals surface area contributed by atoms with Gasteiger partial charge in [-0.1, -0.05) is 31.2 Å². The molecule has 2 aromatic heterocycles. The number of fused-ring (bicyclic) bond motifs is 1. The number of alkyl halides is 4. The smallest absolute Gasteiger partial charge is 0.387 e. The van der Waals surface area contributed by atoms with Crippen molar-refractivity contribution in [2.75, 3.05) is 0 Å². The summed E-state index contributed by atoms with van der Waals surface area (Å²) in [5.41, 5.74) is 3.19. The lowest BCUT2D eigenvalue weighted by Gasteiger charge is -2.14. The molecule has 0 aliphatic heterocycles. The molecule has 8 heteroatoms. The molecule has 0 fully saturated rings. The fraction of sp³-hybridized carbons (Fsp3) is 0.160. The first-order chi connectivity index (χ1) is 15.9. The maximum Gasteiger partial charge on any atom is 0.387 e. The molecule has 2 aromatic carbocycles. The number of rotatable bonds is 7. The van der Waals surface area contributed by atoms with Crippen molar-refractivity contribution in [3.63, 3.8) is 0 Å². The summed E-state index contributed by atoms with van der Waals surface area (Å²) in [6, 6.07) is 15.5. The summed E-state index contributed by atoms with van der Waals surface area (Å²) in [7, 11) is 0. The third kappa shape index (κ3) is 4.84. The van der Waals surface area contributed by atoms with E-state index in [-0.39, 0.29) is 16.9 Å². The molecule has 33 heavy (non-hydrogen) atoms. The Morgan fingerprint density at radius 1 is 0.818 bits per heavy atom. The maximum atomic E-state index is 13.6. The van der Waals surface area contributed by atoms with Crippen LogP contribution in [0.15, 0.2) is 77.9 Å². The Labute approximate surface area is 186 Å². The molecule has 0 atom stereocenters. The van der Waals surface area contributed by atoms with Crippen LogP contribution in [-0.2, 0) is 6.42 Å². The van der Waals surface area contributed by atoms with Gasteiger partial charge in [-0.3, -0.25) is 4.79 Å². The van der Waals surface area contributed by atoms with Crippen LogP contribution < -0.4 is 14.9 Å². The van der Waals surface area contributed by atoms with E-state index in [1.807, 2.05) is 25.3 Å². The molecular weight excluding hydrogens is 438 g/mol. The van der Waals surface area contributed by atoms with E-state index in [0.29, 0.717) is 27.8 Å². The first-order valence-electron chi connectivity index (χ1n) is 10.1. The Balaban J connectivity index is 1.88. The Morgan fingerprint density at radius 2 is 1.36 bits per heavy atom. The predicted octanol–water partition coefficient (Wildman–Crippen LogP) is 6.40. The number of halogens is 4. The normalized spacial score (nSPS) is 11.4. The van der Waals surface area contributed by atoms with Gasteiger partial charge in [-0.05, 0) is 59.5 Å². The monoisotopic (exact) mass is 457 g/mol. The highest BCUT2D eigenvalue weighted by Gasteiger charge is 2.16. The Kier molecular flexibility index (Phi) is 6.35. The minimum atomic E-state index is -2.95. The van der Waals surface area contributed by atoms with Crippen molar-refractivity contribution in [2.24, 2.45) is 0 Å². The summed E-state index contributed by atoms with van der Waals surface area (Å²) < 4.78 is 60.5. The molecule has 4 aromatic rings. The minimum absolute atomic E-state index is 0.0156. The highest BCUT2D eigenvalue weighted by Crippen LogP contribution is 2.29. The van der Waals surface area contributed by atoms with Crippen molar-refractivity contribution in [1.29, 1.82) is 0 Å². The number of hydrogen-bond donors (Lipinski definition) is 0. The average molecular weight is 457 g/mol. The molecule has 0 bridgehead atoms. The molecule has 2 heterocycles. The van der Waals surface area contributed by atoms with E-state index >= 15 is 0 Å². The van der Waals surface area contributed by atoms with Crippen LogP contribution in [0.4, 0.5) is 17.6 Å². The van der Waals surface area contributed by atoms with E-state index in [1.165, 1.54) is 36.4 Å². The fourth-order valence-electron chi connectivity index (χ4n) is 3.64. The second-order valence-electron chi connectivity index (χ2n) is 7.23. The summed E-state index contributed by atoms with van der Waals surface area (Å²) in [6.07, 6.45) is 4.28. The zero-order chi connectivity index (χ0) is 23.5. The quantitative estimate of drug-likeness (QED) is 0.302. The van der Waals surface area contributed by atoms with Crippen molar-refractivity contribution in [3.8, 4) is 33.8 Å². The molecule has 0 saturated heterocycles. The number of benzene rings is 2. The Bertz CT molecular complexity index is 1320. The summed E-state index contributed by atoms with van der Waals surface area (Å²) in [5, 5.41) is 0. The van der Waals surface area contributed by atoms with Crippen LogP contribution in [0.2, 0.25) is 0 Å². The topological polar surface area (TPSA) is 39.9 Å². The van der Waals surface area contributed by atoms with Gasteiger partial charge in [0.05, 0.1) is 11.1 Å². The van der Waals surface area contributed by atoms with Crippen LogP contribution in [0.1, 0.15) is 12.5 Å². The molecule has 0 N–H and O–H groups in total. The van der Waals surface area contributed by atoms with E-state index < -0.39 is 13.2 Å². The standard InChI is InChI=1S/C25H19F4NO3/c1-2-15-11-12-30-14-20(16-3-7-18(8-4-16)32-24(26)27)23(31)22(21(30)13-15)17-5-9-19(10-6-17)33-25(28)29/h3-14,24-25H,2H2,1H3. The number of aryl methyl sites for hydroxylation is 1. The molecule has 4 nitrogen and oxygen atoms in total. The van der Waals surface area contributed by atoms with Gasteiger partial charge < -0.3 is 13.9 Å². The molecule has 0 spiro atoms. The lowest BCUT2D eigenvalue weighted by molar-refractivity contribution is -0.0505. The summed E-state index contributed by atoms with van der Waals surface area (Å²) in [4.78, 5) is 13.6. The van der Waals surface area contributed by atoms with Crippen LogP contribution in [0.25, 0.3) is 27.8 Å². The molecule has 4 rings (SSSR count). The zero-order valence-corrected chi connectivity index (χ0v) is 17.5. The van der Waals surface area contributed by atoms with Crippen molar-refractivity contribution in [2.45, 2.75) is 26.6 Å². The molecule has 170 valence electrons. The third-order valence-corrected chi connectivity index (χ3v) is 5.21. The van der Waals surface area contributed by atoms with E-state index in [1.54, 1.807) is 22.7 Å². The van der Waals surface area contributed by atoms with Gasteiger partial charge in [-0.15, -0.1) is 0 Å². The lowest BCUT2D eigenvalue weighted by Crippen LogP contribution is -2.12. The summed E-state index contributed by atoms with van der Waals surface area (Å²) in [5.74, 6) is -0.0322. The summed E-state index contributed by atoms with van der Waals surface area (Å²) in [6.45, 7) is -3.90. The molecule has 0 radical (unpaired) electrons. The van der Waals surface area contributed by atoms with E-state index in [2.05, 4.69) is 9.47 Å². The average Bonchev–Trinajstić information content (AvgIpc) is 2.79. The van der Waals surface area contributed by atoms with Crippen LogP contribution in [0.3, 0.4) is 0 Å². The molecule has 0 amide bonds.